The normalized spacial score (nSPS) is 11.6. The van der Waals surface area contributed by atoms with Gasteiger partial charge in [0.25, 0.3) is 11.5 Å². The van der Waals surface area contributed by atoms with Gasteiger partial charge in [-0.1, -0.05) is 12.1 Å². The smallest absolute Gasteiger partial charge is 0.328 e. The fraction of sp³-hybridized carbons (Fsp3) is 0.360. The number of rotatable bonds is 11. The number of amides is 1. The third-order valence-corrected chi connectivity index (χ3v) is 5.37. The summed E-state index contributed by atoms with van der Waals surface area (Å²) in [5.41, 5.74) is 7.72. The largest absolute Gasteiger partial charge is 0.466 e. The summed E-state index contributed by atoms with van der Waals surface area (Å²) in [4.78, 5) is 59.6. The van der Waals surface area contributed by atoms with Gasteiger partial charge >= 0.3 is 11.9 Å². The van der Waals surface area contributed by atoms with Gasteiger partial charge in [-0.25, -0.2) is 9.78 Å². The van der Waals surface area contributed by atoms with E-state index >= 15 is 0 Å². The van der Waals surface area contributed by atoms with Crippen LogP contribution in [0.25, 0.3) is 10.9 Å². The maximum atomic E-state index is 12.7. The van der Waals surface area contributed by atoms with Crippen LogP contribution in [0.2, 0.25) is 0 Å². The Kier molecular flexibility index (Phi) is 9.09. The highest BCUT2D eigenvalue weighted by molar-refractivity contribution is 5.96. The number of aromatic nitrogens is 3. The summed E-state index contributed by atoms with van der Waals surface area (Å²) in [6, 6.07) is 7.65. The number of fused-ring (bicyclic) bond motifs is 1. The second-order valence-electron chi connectivity index (χ2n) is 7.96. The Morgan fingerprint density at radius 2 is 1.81 bits per heavy atom. The molecular formula is C25H29N5O6. The van der Waals surface area contributed by atoms with Crippen molar-refractivity contribution in [3.05, 3.63) is 63.7 Å². The number of aryl methyl sites for hydroxylation is 2. The van der Waals surface area contributed by atoms with E-state index in [0.29, 0.717) is 29.3 Å². The third kappa shape index (κ3) is 7.11. The standard InChI is InChI=1S/C25H29N5O6/c1-3-35-21(31)12-11-19(24(34)36-4-2)28-22(32)16-8-5-15(6-9-16)7-10-17-13-18-20(14-27-17)29-25(26)30-23(18)33/h5-6,8-9,13-14,19H,3-4,7,10-12H2,1-2H3,(H,28,32)(H3,26,29,30,33)/t19-/m0/s1. The van der Waals surface area contributed by atoms with E-state index in [-0.39, 0.29) is 37.6 Å². The number of nitrogens with zero attached hydrogens (tertiary/aromatic N) is 2. The first kappa shape index (κ1) is 26.3. The van der Waals surface area contributed by atoms with E-state index < -0.39 is 23.9 Å². The van der Waals surface area contributed by atoms with Crippen LogP contribution >= 0.6 is 0 Å². The van der Waals surface area contributed by atoms with Crippen molar-refractivity contribution in [2.24, 2.45) is 0 Å². The number of aromatic amines is 1. The number of H-pyrrole nitrogens is 1. The molecule has 1 atom stereocenters. The van der Waals surface area contributed by atoms with Gasteiger partial charge in [0.05, 0.1) is 30.3 Å². The van der Waals surface area contributed by atoms with E-state index in [2.05, 4.69) is 20.3 Å². The molecule has 0 radical (unpaired) electrons. The number of carbonyl (C=O) groups is 3. The van der Waals surface area contributed by atoms with E-state index in [1.54, 1.807) is 32.0 Å². The third-order valence-electron chi connectivity index (χ3n) is 5.37. The highest BCUT2D eigenvalue weighted by Crippen LogP contribution is 2.13. The number of nitrogen functional groups attached to an aromatic ring is 1. The Bertz CT molecular complexity index is 1290. The number of nitrogens with one attached hydrogen (secondary N) is 2. The molecule has 4 N–H and O–H groups in total. The Morgan fingerprint density at radius 3 is 2.50 bits per heavy atom. The topological polar surface area (TPSA) is 166 Å². The Morgan fingerprint density at radius 1 is 1.08 bits per heavy atom. The maximum Gasteiger partial charge on any atom is 0.328 e. The van der Waals surface area contributed by atoms with Crippen molar-refractivity contribution in [3.63, 3.8) is 0 Å². The van der Waals surface area contributed by atoms with Gasteiger partial charge in [0, 0.05) is 17.7 Å². The molecule has 0 fully saturated rings. The van der Waals surface area contributed by atoms with Crippen molar-refractivity contribution in [1.82, 2.24) is 20.3 Å². The Balaban J connectivity index is 1.61. The van der Waals surface area contributed by atoms with E-state index in [9.17, 15) is 19.2 Å². The zero-order chi connectivity index (χ0) is 26.1. The van der Waals surface area contributed by atoms with Crippen molar-refractivity contribution in [1.29, 1.82) is 0 Å². The van der Waals surface area contributed by atoms with Crippen molar-refractivity contribution >= 4 is 34.7 Å². The lowest BCUT2D eigenvalue weighted by Crippen LogP contribution is -2.42. The number of hydrogen-bond acceptors (Lipinski definition) is 9. The van der Waals surface area contributed by atoms with Crippen molar-refractivity contribution in [3.8, 4) is 0 Å². The molecule has 0 aliphatic rings. The Labute approximate surface area is 207 Å². The maximum absolute atomic E-state index is 12.7. The fourth-order valence-corrected chi connectivity index (χ4v) is 3.56. The molecule has 0 saturated carbocycles. The van der Waals surface area contributed by atoms with E-state index in [0.717, 1.165) is 11.3 Å². The van der Waals surface area contributed by atoms with Gasteiger partial charge in [0.15, 0.2) is 0 Å². The molecule has 1 aromatic carbocycles. The van der Waals surface area contributed by atoms with Gasteiger partial charge < -0.3 is 20.5 Å². The average molecular weight is 496 g/mol. The van der Waals surface area contributed by atoms with Crippen LogP contribution in [0.3, 0.4) is 0 Å². The molecule has 190 valence electrons. The zero-order valence-electron chi connectivity index (χ0n) is 20.2. The molecular weight excluding hydrogens is 466 g/mol. The first-order valence-corrected chi connectivity index (χ1v) is 11.7. The van der Waals surface area contributed by atoms with Gasteiger partial charge in [0.2, 0.25) is 5.95 Å². The Hall–Kier alpha value is -4.28. The summed E-state index contributed by atoms with van der Waals surface area (Å²) in [6.45, 7) is 3.76. The van der Waals surface area contributed by atoms with E-state index in [1.807, 2.05) is 12.1 Å². The summed E-state index contributed by atoms with van der Waals surface area (Å²) in [7, 11) is 0. The SMILES string of the molecule is CCOC(=O)CC[C@H](NC(=O)c1ccc(CCc2cc3c(=O)[nH]c(N)nc3cn2)cc1)C(=O)OCC. The van der Waals surface area contributed by atoms with Crippen LogP contribution in [0.15, 0.2) is 41.3 Å². The number of nitrogens with two attached hydrogens (primary N) is 1. The number of hydrogen-bond donors (Lipinski definition) is 3. The van der Waals surface area contributed by atoms with Crippen LogP contribution in [0, 0.1) is 0 Å². The molecule has 2 aromatic heterocycles. The second kappa shape index (κ2) is 12.4. The van der Waals surface area contributed by atoms with Gasteiger partial charge in [-0.3, -0.25) is 24.4 Å². The van der Waals surface area contributed by atoms with Gasteiger partial charge in [-0.2, -0.15) is 0 Å². The predicted octanol–water partition coefficient (Wildman–Crippen LogP) is 1.69. The lowest BCUT2D eigenvalue weighted by molar-refractivity contribution is -0.146. The minimum absolute atomic E-state index is 0.0192. The minimum atomic E-state index is -0.964. The monoisotopic (exact) mass is 495 g/mol. The molecule has 11 nitrogen and oxygen atoms in total. The molecule has 11 heteroatoms. The molecule has 0 bridgehead atoms. The predicted molar refractivity (Wildman–Crippen MR) is 132 cm³/mol. The number of pyridine rings is 1. The van der Waals surface area contributed by atoms with E-state index in [4.69, 9.17) is 15.2 Å². The first-order valence-electron chi connectivity index (χ1n) is 11.7. The number of benzene rings is 1. The summed E-state index contributed by atoms with van der Waals surface area (Å²) in [5, 5.41) is 3.06. The molecule has 0 spiro atoms. The van der Waals surface area contributed by atoms with Crippen LogP contribution in [0.4, 0.5) is 5.95 Å². The molecule has 2 heterocycles. The van der Waals surface area contributed by atoms with Crippen LogP contribution in [0.1, 0.15) is 48.3 Å². The van der Waals surface area contributed by atoms with Crippen LogP contribution < -0.4 is 16.6 Å². The van der Waals surface area contributed by atoms with Crippen molar-refractivity contribution < 1.29 is 23.9 Å². The molecule has 36 heavy (non-hydrogen) atoms. The fourth-order valence-electron chi connectivity index (χ4n) is 3.56. The summed E-state index contributed by atoms with van der Waals surface area (Å²) in [5.74, 6) is -1.47. The molecule has 3 rings (SSSR count). The van der Waals surface area contributed by atoms with Crippen LogP contribution in [-0.4, -0.2) is 52.1 Å². The van der Waals surface area contributed by atoms with Gasteiger partial charge in [-0.15, -0.1) is 0 Å². The highest BCUT2D eigenvalue weighted by atomic mass is 16.5. The van der Waals surface area contributed by atoms with Crippen molar-refractivity contribution in [2.45, 2.75) is 45.6 Å². The minimum Gasteiger partial charge on any atom is -0.466 e. The molecule has 0 saturated heterocycles. The molecule has 0 aliphatic heterocycles. The van der Waals surface area contributed by atoms with Crippen LogP contribution in [-0.2, 0) is 31.9 Å². The highest BCUT2D eigenvalue weighted by Gasteiger charge is 2.24. The molecule has 0 unspecified atom stereocenters. The number of ether oxygens (including phenoxy) is 2. The summed E-state index contributed by atoms with van der Waals surface area (Å²) in [6.07, 6.45) is 2.78. The zero-order valence-corrected chi connectivity index (χ0v) is 20.2. The van der Waals surface area contributed by atoms with E-state index in [1.165, 1.54) is 6.20 Å². The lowest BCUT2D eigenvalue weighted by atomic mass is 10.0. The average Bonchev–Trinajstić information content (AvgIpc) is 2.85. The first-order chi connectivity index (χ1) is 17.3. The molecule has 0 aliphatic carbocycles. The lowest BCUT2D eigenvalue weighted by Gasteiger charge is -2.17. The number of esters is 2. The quantitative estimate of drug-likeness (QED) is 0.335. The molecule has 3 aromatic rings. The number of anilines is 1. The van der Waals surface area contributed by atoms with Gasteiger partial charge in [0.1, 0.15) is 6.04 Å². The summed E-state index contributed by atoms with van der Waals surface area (Å²) < 4.78 is 9.91. The van der Waals surface area contributed by atoms with Gasteiger partial charge in [-0.05, 0) is 56.9 Å². The summed E-state index contributed by atoms with van der Waals surface area (Å²) >= 11 is 0. The second-order valence-corrected chi connectivity index (χ2v) is 7.96. The van der Waals surface area contributed by atoms with Crippen molar-refractivity contribution in [2.75, 3.05) is 18.9 Å². The molecule has 1 amide bonds. The van der Waals surface area contributed by atoms with Crippen LogP contribution in [0.5, 0.6) is 0 Å². The number of carbonyl (C=O) groups excluding carboxylic acids is 3.